The predicted octanol–water partition coefficient (Wildman–Crippen LogP) is 1.20. The van der Waals surface area contributed by atoms with E-state index in [0.29, 0.717) is 30.4 Å². The molecule has 0 bridgehead atoms. The summed E-state index contributed by atoms with van der Waals surface area (Å²) in [6.45, 7) is 4.46. The van der Waals surface area contributed by atoms with Gasteiger partial charge in [-0.1, -0.05) is 13.8 Å². The van der Waals surface area contributed by atoms with Crippen molar-refractivity contribution in [3.8, 4) is 0 Å². The van der Waals surface area contributed by atoms with Crippen LogP contribution in [0, 0.1) is 0 Å². The van der Waals surface area contributed by atoms with Crippen LogP contribution in [-0.2, 0) is 9.59 Å². The number of rotatable bonds is 5. The Morgan fingerprint density at radius 2 is 2.40 bits per heavy atom. The summed E-state index contributed by atoms with van der Waals surface area (Å²) in [6.07, 6.45) is 2.01. The molecule has 1 rings (SSSR count). The SMILES string of the molecule is CCCN(C=O)C1(C(=O)O)CSC(C)C1. The maximum absolute atomic E-state index is 11.3. The summed E-state index contributed by atoms with van der Waals surface area (Å²) in [5, 5.41) is 9.60. The number of carbonyl (C=O) groups is 2. The minimum absolute atomic E-state index is 0.306. The van der Waals surface area contributed by atoms with Gasteiger partial charge in [-0.05, 0) is 12.8 Å². The fraction of sp³-hybridized carbons (Fsp3) is 0.800. The van der Waals surface area contributed by atoms with Crippen LogP contribution in [0.5, 0.6) is 0 Å². The summed E-state index contributed by atoms with van der Waals surface area (Å²) in [5.41, 5.74) is -0.970. The molecular formula is C10H17NO3S. The number of amides is 1. The van der Waals surface area contributed by atoms with Gasteiger partial charge in [0.25, 0.3) is 0 Å². The van der Waals surface area contributed by atoms with Gasteiger partial charge in [0.1, 0.15) is 5.54 Å². The highest BCUT2D eigenvalue weighted by molar-refractivity contribution is 8.00. The lowest BCUT2D eigenvalue weighted by Gasteiger charge is -2.34. The predicted molar refractivity (Wildman–Crippen MR) is 60.0 cm³/mol. The molecule has 5 heteroatoms. The van der Waals surface area contributed by atoms with Crippen LogP contribution < -0.4 is 0 Å². The molecule has 15 heavy (non-hydrogen) atoms. The van der Waals surface area contributed by atoms with Gasteiger partial charge in [0.05, 0.1) is 0 Å². The van der Waals surface area contributed by atoms with Gasteiger partial charge < -0.3 is 10.0 Å². The van der Waals surface area contributed by atoms with E-state index in [4.69, 9.17) is 0 Å². The van der Waals surface area contributed by atoms with Crippen molar-refractivity contribution in [1.29, 1.82) is 0 Å². The Hall–Kier alpha value is -0.710. The summed E-state index contributed by atoms with van der Waals surface area (Å²) in [4.78, 5) is 23.7. The highest BCUT2D eigenvalue weighted by atomic mass is 32.2. The fourth-order valence-corrected chi connectivity index (χ4v) is 3.32. The molecule has 1 amide bonds. The van der Waals surface area contributed by atoms with Gasteiger partial charge in [0, 0.05) is 17.5 Å². The highest BCUT2D eigenvalue weighted by Crippen LogP contribution is 2.38. The molecule has 0 aromatic carbocycles. The summed E-state index contributed by atoms with van der Waals surface area (Å²) in [5.74, 6) is -0.373. The van der Waals surface area contributed by atoms with Crippen molar-refractivity contribution in [1.82, 2.24) is 4.90 Å². The number of carboxylic acid groups (broad SMARTS) is 1. The molecule has 0 radical (unpaired) electrons. The third kappa shape index (κ3) is 2.27. The van der Waals surface area contributed by atoms with E-state index in [2.05, 4.69) is 0 Å². The van der Waals surface area contributed by atoms with Crippen LogP contribution in [0.3, 0.4) is 0 Å². The van der Waals surface area contributed by atoms with Crippen molar-refractivity contribution in [3.05, 3.63) is 0 Å². The molecule has 1 heterocycles. The normalized spacial score (nSPS) is 30.1. The largest absolute Gasteiger partial charge is 0.479 e. The average Bonchev–Trinajstić information content (AvgIpc) is 2.58. The van der Waals surface area contributed by atoms with Crippen LogP contribution in [0.15, 0.2) is 0 Å². The minimum Gasteiger partial charge on any atom is -0.479 e. The molecule has 2 atom stereocenters. The van der Waals surface area contributed by atoms with Crippen LogP contribution in [0.1, 0.15) is 26.7 Å². The second-order valence-electron chi connectivity index (χ2n) is 3.96. The van der Waals surface area contributed by atoms with Gasteiger partial charge in [0.2, 0.25) is 6.41 Å². The molecular weight excluding hydrogens is 214 g/mol. The summed E-state index contributed by atoms with van der Waals surface area (Å²) < 4.78 is 0. The van der Waals surface area contributed by atoms with Crippen LogP contribution >= 0.6 is 11.8 Å². The number of thioether (sulfide) groups is 1. The molecule has 0 aromatic heterocycles. The molecule has 86 valence electrons. The van der Waals surface area contributed by atoms with Gasteiger partial charge in [-0.15, -0.1) is 0 Å². The van der Waals surface area contributed by atoms with Crippen molar-refractivity contribution in [2.75, 3.05) is 12.3 Å². The zero-order chi connectivity index (χ0) is 11.5. The zero-order valence-electron chi connectivity index (χ0n) is 9.10. The fourth-order valence-electron chi connectivity index (χ4n) is 1.95. The van der Waals surface area contributed by atoms with E-state index in [1.165, 1.54) is 4.90 Å². The molecule has 4 nitrogen and oxygen atoms in total. The van der Waals surface area contributed by atoms with Crippen LogP contribution in [0.2, 0.25) is 0 Å². The van der Waals surface area contributed by atoms with Gasteiger partial charge in [-0.2, -0.15) is 11.8 Å². The Kier molecular flexibility index (Phi) is 4.02. The lowest BCUT2D eigenvalue weighted by molar-refractivity contribution is -0.153. The van der Waals surface area contributed by atoms with E-state index in [-0.39, 0.29) is 0 Å². The number of carboxylic acids is 1. The monoisotopic (exact) mass is 231 g/mol. The molecule has 0 aliphatic carbocycles. The highest BCUT2D eigenvalue weighted by Gasteiger charge is 2.48. The third-order valence-electron chi connectivity index (χ3n) is 2.77. The first kappa shape index (κ1) is 12.4. The van der Waals surface area contributed by atoms with E-state index in [9.17, 15) is 14.7 Å². The molecule has 1 fully saturated rings. The first-order valence-corrected chi connectivity index (χ1v) is 6.18. The van der Waals surface area contributed by atoms with E-state index >= 15 is 0 Å². The van der Waals surface area contributed by atoms with Crippen LogP contribution in [0.4, 0.5) is 0 Å². The van der Waals surface area contributed by atoms with Crippen molar-refractivity contribution in [3.63, 3.8) is 0 Å². The third-order valence-corrected chi connectivity index (χ3v) is 4.15. The Morgan fingerprint density at radius 1 is 1.73 bits per heavy atom. The molecule has 1 aliphatic rings. The summed E-state index contributed by atoms with van der Waals surface area (Å²) >= 11 is 1.62. The number of hydrogen-bond acceptors (Lipinski definition) is 3. The van der Waals surface area contributed by atoms with E-state index in [1.54, 1.807) is 11.8 Å². The Morgan fingerprint density at radius 3 is 2.73 bits per heavy atom. The lowest BCUT2D eigenvalue weighted by Crippen LogP contribution is -2.55. The molecule has 2 unspecified atom stereocenters. The second-order valence-corrected chi connectivity index (χ2v) is 5.39. The standard InChI is InChI=1S/C10H17NO3S/c1-3-4-11(7-12)10(9(13)14)5-8(2)15-6-10/h7-8H,3-6H2,1-2H3,(H,13,14). The minimum atomic E-state index is -0.970. The summed E-state index contributed by atoms with van der Waals surface area (Å²) in [6, 6.07) is 0. The zero-order valence-corrected chi connectivity index (χ0v) is 9.92. The van der Waals surface area contributed by atoms with Crippen LogP contribution in [-0.4, -0.2) is 45.5 Å². The van der Waals surface area contributed by atoms with Crippen molar-refractivity contribution in [2.45, 2.75) is 37.5 Å². The van der Waals surface area contributed by atoms with E-state index in [1.807, 2.05) is 13.8 Å². The number of nitrogens with zero attached hydrogens (tertiary/aromatic N) is 1. The Labute approximate surface area is 94.0 Å². The Balaban J connectivity index is 2.89. The van der Waals surface area contributed by atoms with Crippen molar-refractivity contribution < 1.29 is 14.7 Å². The van der Waals surface area contributed by atoms with Crippen molar-refractivity contribution >= 4 is 24.1 Å². The number of aliphatic carboxylic acids is 1. The van der Waals surface area contributed by atoms with Crippen molar-refractivity contribution in [2.24, 2.45) is 0 Å². The Bertz CT molecular complexity index is 259. The van der Waals surface area contributed by atoms with Gasteiger partial charge in [-0.25, -0.2) is 4.79 Å². The average molecular weight is 231 g/mol. The number of carbonyl (C=O) groups excluding carboxylic acids is 1. The quantitative estimate of drug-likeness (QED) is 0.722. The first-order valence-electron chi connectivity index (χ1n) is 5.14. The van der Waals surface area contributed by atoms with Gasteiger partial charge in [0.15, 0.2) is 0 Å². The molecule has 0 saturated carbocycles. The molecule has 1 saturated heterocycles. The lowest BCUT2D eigenvalue weighted by atomic mass is 9.94. The molecule has 0 spiro atoms. The molecule has 1 N–H and O–H groups in total. The maximum atomic E-state index is 11.3. The van der Waals surface area contributed by atoms with E-state index < -0.39 is 11.5 Å². The number of hydrogen-bond donors (Lipinski definition) is 1. The molecule has 0 aromatic rings. The first-order chi connectivity index (χ1) is 7.06. The molecule has 1 aliphatic heterocycles. The summed E-state index contributed by atoms with van der Waals surface area (Å²) in [7, 11) is 0. The second kappa shape index (κ2) is 4.88. The van der Waals surface area contributed by atoms with E-state index in [0.717, 1.165) is 6.42 Å². The smallest absolute Gasteiger partial charge is 0.330 e. The van der Waals surface area contributed by atoms with Crippen LogP contribution in [0.25, 0.3) is 0 Å². The van der Waals surface area contributed by atoms with Gasteiger partial charge in [-0.3, -0.25) is 4.79 Å². The maximum Gasteiger partial charge on any atom is 0.330 e. The van der Waals surface area contributed by atoms with Gasteiger partial charge >= 0.3 is 5.97 Å². The topological polar surface area (TPSA) is 57.6 Å².